The smallest absolute Gasteiger partial charge is 0.150 e. The van der Waals surface area contributed by atoms with E-state index in [4.69, 9.17) is 11.6 Å². The molecule has 16 heavy (non-hydrogen) atoms. The second-order valence-corrected chi connectivity index (χ2v) is 3.74. The van der Waals surface area contributed by atoms with Crippen LogP contribution in [0.3, 0.4) is 0 Å². The van der Waals surface area contributed by atoms with Crippen LogP contribution in [0.1, 0.15) is 0 Å². The van der Waals surface area contributed by atoms with Crippen LogP contribution in [0.2, 0.25) is 5.02 Å². The van der Waals surface area contributed by atoms with Gasteiger partial charge in [0.2, 0.25) is 0 Å². The minimum Gasteiger partial charge on any atom is -0.373 e. The quantitative estimate of drug-likeness (QED) is 0.861. The first-order valence-electron chi connectivity index (χ1n) is 4.96. The number of hydrogen-bond acceptors (Lipinski definition) is 3. The lowest BCUT2D eigenvalue weighted by Gasteiger charge is -2.05. The lowest BCUT2D eigenvalue weighted by atomic mass is 10.3. The van der Waals surface area contributed by atoms with Gasteiger partial charge in [0.25, 0.3) is 0 Å². The zero-order valence-corrected chi connectivity index (χ0v) is 9.92. The maximum Gasteiger partial charge on any atom is 0.150 e. The van der Waals surface area contributed by atoms with Crippen LogP contribution in [0.4, 0.5) is 11.6 Å². The van der Waals surface area contributed by atoms with Gasteiger partial charge in [-0.25, -0.2) is 4.68 Å². The summed E-state index contributed by atoms with van der Waals surface area (Å²) >= 11 is 5.85. The van der Waals surface area contributed by atoms with Crippen molar-refractivity contribution in [3.05, 3.63) is 35.4 Å². The van der Waals surface area contributed by atoms with Crippen molar-refractivity contribution in [3.63, 3.8) is 0 Å². The summed E-state index contributed by atoms with van der Waals surface area (Å²) < 4.78 is 1.82. The summed E-state index contributed by atoms with van der Waals surface area (Å²) in [5.74, 6) is 1.74. The third kappa shape index (κ3) is 1.97. The molecule has 2 N–H and O–H groups in total. The van der Waals surface area contributed by atoms with Crippen LogP contribution in [-0.4, -0.2) is 23.9 Å². The molecule has 0 aliphatic heterocycles. The van der Waals surface area contributed by atoms with Gasteiger partial charge < -0.3 is 10.6 Å². The summed E-state index contributed by atoms with van der Waals surface area (Å²) in [6.07, 6.45) is 0. The SMILES string of the molecule is CNc1cc(NC)n(-c2ccc(Cl)cc2)n1. The second-order valence-electron chi connectivity index (χ2n) is 3.30. The molecule has 2 aromatic rings. The fourth-order valence-electron chi connectivity index (χ4n) is 1.46. The summed E-state index contributed by atoms with van der Waals surface area (Å²) in [6.45, 7) is 0. The van der Waals surface area contributed by atoms with Crippen molar-refractivity contribution in [1.29, 1.82) is 0 Å². The highest BCUT2D eigenvalue weighted by Gasteiger charge is 2.06. The predicted molar refractivity (Wildman–Crippen MR) is 67.7 cm³/mol. The van der Waals surface area contributed by atoms with Gasteiger partial charge in [-0.1, -0.05) is 11.6 Å². The Hall–Kier alpha value is -1.68. The third-order valence-corrected chi connectivity index (χ3v) is 2.54. The third-order valence-electron chi connectivity index (χ3n) is 2.29. The van der Waals surface area contributed by atoms with Crippen LogP contribution >= 0.6 is 11.6 Å². The molecule has 0 radical (unpaired) electrons. The molecule has 84 valence electrons. The minimum atomic E-state index is 0.718. The van der Waals surface area contributed by atoms with Gasteiger partial charge in [-0.15, -0.1) is 5.10 Å². The number of aromatic nitrogens is 2. The normalized spacial score (nSPS) is 10.2. The second kappa shape index (κ2) is 4.45. The van der Waals surface area contributed by atoms with Gasteiger partial charge in [-0.3, -0.25) is 0 Å². The maximum atomic E-state index is 5.85. The van der Waals surface area contributed by atoms with Gasteiger partial charge in [0.15, 0.2) is 0 Å². The highest BCUT2D eigenvalue weighted by Crippen LogP contribution is 2.20. The van der Waals surface area contributed by atoms with Crippen molar-refractivity contribution in [3.8, 4) is 5.69 Å². The van der Waals surface area contributed by atoms with E-state index in [2.05, 4.69) is 15.7 Å². The van der Waals surface area contributed by atoms with E-state index in [-0.39, 0.29) is 0 Å². The number of benzene rings is 1. The molecule has 0 saturated heterocycles. The summed E-state index contributed by atoms with van der Waals surface area (Å²) in [5.41, 5.74) is 0.968. The molecular formula is C11H13ClN4. The fourth-order valence-corrected chi connectivity index (χ4v) is 1.59. The number of rotatable bonds is 3. The van der Waals surface area contributed by atoms with Crippen molar-refractivity contribution in [2.24, 2.45) is 0 Å². The lowest BCUT2D eigenvalue weighted by Crippen LogP contribution is -2.02. The standard InChI is InChI=1S/C11H13ClN4/c1-13-10-7-11(14-2)16(15-10)9-5-3-8(12)4-6-9/h3-7,14H,1-2H3,(H,13,15). The molecule has 5 heteroatoms. The Balaban J connectivity index is 2.45. The molecule has 0 amide bonds. The molecule has 0 spiro atoms. The van der Waals surface area contributed by atoms with Gasteiger partial charge in [-0.2, -0.15) is 0 Å². The Morgan fingerprint density at radius 1 is 1.12 bits per heavy atom. The fraction of sp³-hybridized carbons (Fsp3) is 0.182. The van der Waals surface area contributed by atoms with Crippen molar-refractivity contribution in [2.75, 3.05) is 24.7 Å². The topological polar surface area (TPSA) is 41.9 Å². The van der Waals surface area contributed by atoms with Crippen LogP contribution in [0.5, 0.6) is 0 Å². The summed E-state index contributed by atoms with van der Waals surface area (Å²) in [4.78, 5) is 0. The largest absolute Gasteiger partial charge is 0.373 e. The molecular weight excluding hydrogens is 224 g/mol. The van der Waals surface area contributed by atoms with Crippen molar-refractivity contribution in [1.82, 2.24) is 9.78 Å². The zero-order chi connectivity index (χ0) is 11.5. The molecule has 0 atom stereocenters. The Labute approximate surface area is 99.2 Å². The molecule has 0 aliphatic rings. The number of nitrogens with zero attached hydrogens (tertiary/aromatic N) is 2. The van der Waals surface area contributed by atoms with Crippen LogP contribution in [0.15, 0.2) is 30.3 Å². The van der Waals surface area contributed by atoms with E-state index in [0.717, 1.165) is 22.3 Å². The van der Waals surface area contributed by atoms with Gasteiger partial charge in [0.05, 0.1) is 5.69 Å². The van der Waals surface area contributed by atoms with E-state index in [1.54, 1.807) is 0 Å². The molecule has 0 aliphatic carbocycles. The maximum absolute atomic E-state index is 5.85. The van der Waals surface area contributed by atoms with E-state index < -0.39 is 0 Å². The highest BCUT2D eigenvalue weighted by molar-refractivity contribution is 6.30. The minimum absolute atomic E-state index is 0.718. The van der Waals surface area contributed by atoms with Gasteiger partial charge >= 0.3 is 0 Å². The lowest BCUT2D eigenvalue weighted by molar-refractivity contribution is 0.888. The van der Waals surface area contributed by atoms with Crippen LogP contribution < -0.4 is 10.6 Å². The summed E-state index contributed by atoms with van der Waals surface area (Å²) in [6, 6.07) is 9.48. The van der Waals surface area contributed by atoms with Gasteiger partial charge in [-0.05, 0) is 24.3 Å². The van der Waals surface area contributed by atoms with E-state index in [9.17, 15) is 0 Å². The zero-order valence-electron chi connectivity index (χ0n) is 9.16. The van der Waals surface area contributed by atoms with E-state index >= 15 is 0 Å². The molecule has 1 aromatic carbocycles. The van der Waals surface area contributed by atoms with Crippen LogP contribution in [-0.2, 0) is 0 Å². The van der Waals surface area contributed by atoms with E-state index in [1.165, 1.54) is 0 Å². The Morgan fingerprint density at radius 2 is 1.81 bits per heavy atom. The Morgan fingerprint density at radius 3 is 2.38 bits per heavy atom. The van der Waals surface area contributed by atoms with Crippen molar-refractivity contribution in [2.45, 2.75) is 0 Å². The first kappa shape index (κ1) is 10.8. The van der Waals surface area contributed by atoms with Gasteiger partial charge in [0, 0.05) is 25.2 Å². The number of halogens is 1. The summed E-state index contributed by atoms with van der Waals surface area (Å²) in [5, 5.41) is 11.2. The Bertz CT molecular complexity index is 475. The Kier molecular flexibility index (Phi) is 3.01. The average molecular weight is 237 g/mol. The number of nitrogens with one attached hydrogen (secondary N) is 2. The molecule has 4 nitrogen and oxygen atoms in total. The molecule has 1 aromatic heterocycles. The van der Waals surface area contributed by atoms with E-state index in [0.29, 0.717) is 0 Å². The number of hydrogen-bond donors (Lipinski definition) is 2. The first-order chi connectivity index (χ1) is 7.74. The number of anilines is 2. The van der Waals surface area contributed by atoms with Crippen LogP contribution in [0.25, 0.3) is 5.69 Å². The molecule has 0 fully saturated rings. The summed E-state index contributed by atoms with van der Waals surface area (Å²) in [7, 11) is 3.71. The predicted octanol–water partition coefficient (Wildman–Crippen LogP) is 2.61. The van der Waals surface area contributed by atoms with Gasteiger partial charge in [0.1, 0.15) is 11.6 Å². The molecule has 0 bridgehead atoms. The average Bonchev–Trinajstić information content (AvgIpc) is 2.73. The molecule has 1 heterocycles. The first-order valence-corrected chi connectivity index (χ1v) is 5.34. The molecule has 0 saturated carbocycles. The molecule has 0 unspecified atom stereocenters. The van der Waals surface area contributed by atoms with E-state index in [1.807, 2.05) is 49.1 Å². The monoisotopic (exact) mass is 236 g/mol. The van der Waals surface area contributed by atoms with Crippen LogP contribution in [0, 0.1) is 0 Å². The van der Waals surface area contributed by atoms with Crippen molar-refractivity contribution >= 4 is 23.2 Å². The molecule has 2 rings (SSSR count). The van der Waals surface area contributed by atoms with Crippen molar-refractivity contribution < 1.29 is 0 Å². The highest BCUT2D eigenvalue weighted by atomic mass is 35.5.